The summed E-state index contributed by atoms with van der Waals surface area (Å²) in [6.07, 6.45) is 8.81. The molecule has 1 aromatic carbocycles. The zero-order valence-corrected chi connectivity index (χ0v) is 14.3. The maximum absolute atomic E-state index is 12.2. The Morgan fingerprint density at radius 1 is 1.22 bits per heavy atom. The van der Waals surface area contributed by atoms with E-state index in [1.165, 1.54) is 0 Å². The smallest absolute Gasteiger partial charge is 0.294 e. The molecule has 0 aliphatic carbocycles. The van der Waals surface area contributed by atoms with Gasteiger partial charge in [-0.15, -0.1) is 6.42 Å². The first-order valence-electron chi connectivity index (χ1n) is 6.72. The number of imide groups is 1. The van der Waals surface area contributed by atoms with Gasteiger partial charge in [0.05, 0.1) is 11.4 Å². The van der Waals surface area contributed by atoms with Gasteiger partial charge >= 0.3 is 0 Å². The molecule has 1 aromatic heterocycles. The summed E-state index contributed by atoms with van der Waals surface area (Å²) in [6.45, 7) is -0.00424. The summed E-state index contributed by atoms with van der Waals surface area (Å²) in [6, 6.07) is 11.6. The second-order valence-electron chi connectivity index (χ2n) is 4.75. The molecular weight excluding hydrogens is 376 g/mol. The Morgan fingerprint density at radius 2 is 1.96 bits per heavy atom. The van der Waals surface area contributed by atoms with E-state index in [1.54, 1.807) is 6.08 Å². The minimum Gasteiger partial charge on any atom is -0.317 e. The highest BCUT2D eigenvalue weighted by Gasteiger charge is 2.34. The Hall–Kier alpha value is -2.23. The monoisotopic (exact) mass is 386 g/mol. The minimum atomic E-state index is -0.346. The van der Waals surface area contributed by atoms with Crippen molar-refractivity contribution in [3.8, 4) is 18.0 Å². The van der Waals surface area contributed by atoms with E-state index in [-0.39, 0.29) is 17.7 Å². The molecule has 0 radical (unpaired) electrons. The molecule has 1 aliphatic heterocycles. The van der Waals surface area contributed by atoms with Gasteiger partial charge in [0.15, 0.2) is 0 Å². The lowest BCUT2D eigenvalue weighted by Gasteiger charge is -2.08. The Labute approximate surface area is 146 Å². The fourth-order valence-electron chi connectivity index (χ4n) is 2.21. The Bertz CT molecular complexity index is 846. The van der Waals surface area contributed by atoms with Crippen LogP contribution in [0.1, 0.15) is 5.69 Å². The molecule has 4 nitrogen and oxygen atoms in total. The molecule has 0 unspecified atom stereocenters. The summed E-state index contributed by atoms with van der Waals surface area (Å²) < 4.78 is 2.94. The summed E-state index contributed by atoms with van der Waals surface area (Å²) in [7, 11) is 0. The van der Waals surface area contributed by atoms with Crippen LogP contribution in [0.25, 0.3) is 11.8 Å². The molecule has 1 aliphatic rings. The molecule has 1 fully saturated rings. The summed E-state index contributed by atoms with van der Waals surface area (Å²) in [5.41, 5.74) is 1.78. The lowest BCUT2D eigenvalue weighted by Crippen LogP contribution is -2.28. The zero-order chi connectivity index (χ0) is 16.4. The molecule has 1 saturated heterocycles. The van der Waals surface area contributed by atoms with E-state index in [4.69, 9.17) is 6.42 Å². The standard InChI is InChI=1S/C17H11BrN2O2S/c1-2-9-20-16(21)15(23-17(20)22)11-14-4-3-10-19(14)13-7-5-12(18)6-8-13/h1,3-8,10-11H,9H2/b15-11-. The number of hydrogen-bond acceptors (Lipinski definition) is 3. The lowest BCUT2D eigenvalue weighted by molar-refractivity contribution is -0.122. The summed E-state index contributed by atoms with van der Waals surface area (Å²) >= 11 is 4.31. The highest BCUT2D eigenvalue weighted by atomic mass is 79.9. The molecule has 3 rings (SSSR count). The molecule has 0 bridgehead atoms. The topological polar surface area (TPSA) is 42.3 Å². The summed E-state index contributed by atoms with van der Waals surface area (Å²) in [5, 5.41) is -0.332. The van der Waals surface area contributed by atoms with E-state index >= 15 is 0 Å². The zero-order valence-electron chi connectivity index (χ0n) is 11.9. The van der Waals surface area contributed by atoms with Crippen molar-refractivity contribution < 1.29 is 9.59 Å². The number of carbonyl (C=O) groups is 2. The van der Waals surface area contributed by atoms with Crippen LogP contribution >= 0.6 is 27.7 Å². The maximum atomic E-state index is 12.2. The first kappa shape index (κ1) is 15.7. The SMILES string of the molecule is C#CCN1C(=O)S/C(=C\c2cccn2-c2ccc(Br)cc2)C1=O. The second-order valence-corrected chi connectivity index (χ2v) is 6.66. The molecule has 23 heavy (non-hydrogen) atoms. The van der Waals surface area contributed by atoms with Gasteiger partial charge in [0, 0.05) is 22.1 Å². The largest absolute Gasteiger partial charge is 0.317 e. The van der Waals surface area contributed by atoms with Crippen molar-refractivity contribution in [1.29, 1.82) is 0 Å². The summed E-state index contributed by atoms with van der Waals surface area (Å²) in [5.74, 6) is 1.98. The molecule has 2 amide bonds. The van der Waals surface area contributed by atoms with Crippen molar-refractivity contribution >= 4 is 44.9 Å². The number of amides is 2. The molecule has 114 valence electrons. The van der Waals surface area contributed by atoms with Crippen molar-refractivity contribution in [2.45, 2.75) is 0 Å². The third kappa shape index (κ3) is 3.11. The number of benzene rings is 1. The predicted octanol–water partition coefficient (Wildman–Crippen LogP) is 3.91. The van der Waals surface area contributed by atoms with Gasteiger partial charge in [0.2, 0.25) is 0 Å². The summed E-state index contributed by atoms with van der Waals surface area (Å²) in [4.78, 5) is 25.5. The van der Waals surface area contributed by atoms with Gasteiger partial charge in [-0.1, -0.05) is 21.9 Å². The van der Waals surface area contributed by atoms with Crippen LogP contribution in [0.3, 0.4) is 0 Å². The van der Waals surface area contributed by atoms with Crippen LogP contribution in [0.15, 0.2) is 52.0 Å². The lowest BCUT2D eigenvalue weighted by atomic mass is 10.3. The van der Waals surface area contributed by atoms with Gasteiger partial charge < -0.3 is 4.57 Å². The van der Waals surface area contributed by atoms with Crippen LogP contribution in [0, 0.1) is 12.3 Å². The number of carbonyl (C=O) groups excluding carboxylic acids is 2. The van der Waals surface area contributed by atoms with E-state index in [1.807, 2.05) is 47.2 Å². The van der Waals surface area contributed by atoms with Crippen molar-refractivity contribution in [3.63, 3.8) is 0 Å². The first-order chi connectivity index (χ1) is 11.1. The van der Waals surface area contributed by atoms with E-state index in [0.717, 1.165) is 32.5 Å². The number of nitrogens with zero attached hydrogens (tertiary/aromatic N) is 2. The third-order valence-corrected chi connectivity index (χ3v) is 4.72. The molecule has 0 spiro atoms. The minimum absolute atomic E-state index is 0.00424. The molecule has 0 saturated carbocycles. The van der Waals surface area contributed by atoms with E-state index < -0.39 is 0 Å². The number of hydrogen-bond donors (Lipinski definition) is 0. The molecule has 0 atom stereocenters. The average Bonchev–Trinajstić information content (AvgIpc) is 3.09. The van der Waals surface area contributed by atoms with Crippen molar-refractivity contribution in [3.05, 3.63) is 57.7 Å². The van der Waals surface area contributed by atoms with Crippen LogP contribution in [-0.2, 0) is 4.79 Å². The van der Waals surface area contributed by atoms with Crippen LogP contribution < -0.4 is 0 Å². The fourth-order valence-corrected chi connectivity index (χ4v) is 3.30. The third-order valence-electron chi connectivity index (χ3n) is 3.29. The second kappa shape index (κ2) is 6.49. The van der Waals surface area contributed by atoms with Gasteiger partial charge in [-0.25, -0.2) is 0 Å². The molecular formula is C17H11BrN2O2S. The Kier molecular flexibility index (Phi) is 4.42. The molecule has 2 heterocycles. The van der Waals surface area contributed by atoms with Gasteiger partial charge in [-0.05, 0) is 54.2 Å². The van der Waals surface area contributed by atoms with E-state index in [0.29, 0.717) is 4.91 Å². The molecule has 6 heteroatoms. The predicted molar refractivity (Wildman–Crippen MR) is 95.0 cm³/mol. The number of terminal acetylenes is 1. The average molecular weight is 387 g/mol. The van der Waals surface area contributed by atoms with Crippen molar-refractivity contribution in [1.82, 2.24) is 9.47 Å². The van der Waals surface area contributed by atoms with Crippen LogP contribution in [0.4, 0.5) is 4.79 Å². The first-order valence-corrected chi connectivity index (χ1v) is 8.33. The van der Waals surface area contributed by atoms with E-state index in [9.17, 15) is 9.59 Å². The normalized spacial score (nSPS) is 16.2. The Balaban J connectivity index is 1.94. The Morgan fingerprint density at radius 3 is 2.65 bits per heavy atom. The number of aromatic nitrogens is 1. The van der Waals surface area contributed by atoms with Gasteiger partial charge in [0.1, 0.15) is 0 Å². The van der Waals surface area contributed by atoms with Crippen LogP contribution in [-0.4, -0.2) is 27.2 Å². The highest BCUT2D eigenvalue weighted by molar-refractivity contribution is 9.10. The maximum Gasteiger partial charge on any atom is 0.294 e. The van der Waals surface area contributed by atoms with Crippen molar-refractivity contribution in [2.24, 2.45) is 0 Å². The number of halogens is 1. The number of thioether (sulfide) groups is 1. The van der Waals surface area contributed by atoms with Crippen molar-refractivity contribution in [2.75, 3.05) is 6.54 Å². The molecule has 0 N–H and O–H groups in total. The molecule has 2 aromatic rings. The fraction of sp³-hybridized carbons (Fsp3) is 0.0588. The highest BCUT2D eigenvalue weighted by Crippen LogP contribution is 2.32. The van der Waals surface area contributed by atoms with Crippen LogP contribution in [0.2, 0.25) is 0 Å². The number of rotatable bonds is 3. The van der Waals surface area contributed by atoms with Gasteiger partial charge in [-0.3, -0.25) is 14.5 Å². The van der Waals surface area contributed by atoms with Gasteiger partial charge in [-0.2, -0.15) is 0 Å². The quantitative estimate of drug-likeness (QED) is 0.593. The van der Waals surface area contributed by atoms with E-state index in [2.05, 4.69) is 21.9 Å². The van der Waals surface area contributed by atoms with Crippen LogP contribution in [0.5, 0.6) is 0 Å². The van der Waals surface area contributed by atoms with Gasteiger partial charge in [0.25, 0.3) is 11.1 Å².